The first-order valence-corrected chi connectivity index (χ1v) is 13.1. The third-order valence-electron chi connectivity index (χ3n) is 5.94. The van der Waals surface area contributed by atoms with E-state index in [4.69, 9.17) is 0 Å². The van der Waals surface area contributed by atoms with Gasteiger partial charge in [0, 0.05) is 49.5 Å². The highest BCUT2D eigenvalue weighted by Crippen LogP contribution is 2.25. The van der Waals surface area contributed by atoms with Crippen molar-refractivity contribution in [1.29, 1.82) is 0 Å². The minimum Gasteiger partial charge on any atom is -0.335 e. The van der Waals surface area contributed by atoms with Crippen molar-refractivity contribution in [2.75, 3.05) is 30.9 Å². The van der Waals surface area contributed by atoms with Crippen LogP contribution in [0.25, 0.3) is 10.9 Å². The summed E-state index contributed by atoms with van der Waals surface area (Å²) in [4.78, 5) is 40.3. The molecule has 0 bridgehead atoms. The van der Waals surface area contributed by atoms with Crippen molar-refractivity contribution in [2.24, 2.45) is 9.98 Å². The van der Waals surface area contributed by atoms with Crippen molar-refractivity contribution in [3.8, 4) is 0 Å². The SMILES string of the molecule is C=N/C(=C\N=CC)C(=O)N1CCN(C(=O)c2ccc(NS(=O)(=O)c3cccc4cccnc34)c(F)c2)CC1. The van der Waals surface area contributed by atoms with Crippen LogP contribution in [0, 0.1) is 5.82 Å². The predicted octanol–water partition coefficient (Wildman–Crippen LogP) is 3.09. The number of anilines is 1. The molecule has 1 saturated heterocycles. The highest BCUT2D eigenvalue weighted by Gasteiger charge is 2.27. The summed E-state index contributed by atoms with van der Waals surface area (Å²) in [5, 5.41) is 0.626. The maximum absolute atomic E-state index is 14.9. The Labute approximate surface area is 219 Å². The number of nitrogens with one attached hydrogen (secondary N) is 1. The third kappa shape index (κ3) is 5.59. The zero-order valence-corrected chi connectivity index (χ0v) is 21.4. The maximum atomic E-state index is 14.9. The van der Waals surface area contributed by atoms with Gasteiger partial charge < -0.3 is 9.80 Å². The highest BCUT2D eigenvalue weighted by atomic mass is 32.2. The Morgan fingerprint density at radius 3 is 2.47 bits per heavy atom. The Hall–Kier alpha value is -4.45. The number of para-hydroxylation sites is 1. The van der Waals surface area contributed by atoms with E-state index in [0.29, 0.717) is 5.39 Å². The van der Waals surface area contributed by atoms with E-state index < -0.39 is 21.7 Å². The highest BCUT2D eigenvalue weighted by molar-refractivity contribution is 7.93. The second-order valence-corrected chi connectivity index (χ2v) is 9.95. The van der Waals surface area contributed by atoms with E-state index in [1.165, 1.54) is 46.6 Å². The first-order valence-electron chi connectivity index (χ1n) is 11.6. The normalized spacial score (nSPS) is 14.6. The van der Waals surface area contributed by atoms with Gasteiger partial charge in [0.25, 0.3) is 21.8 Å². The molecular weight excluding hydrogens is 511 g/mol. The second kappa shape index (κ2) is 11.3. The minimum absolute atomic E-state index is 0.0580. The van der Waals surface area contributed by atoms with Crippen molar-refractivity contribution in [2.45, 2.75) is 11.8 Å². The van der Waals surface area contributed by atoms with Gasteiger partial charge in [-0.25, -0.2) is 12.8 Å². The second-order valence-electron chi connectivity index (χ2n) is 8.30. The molecule has 2 aromatic carbocycles. The van der Waals surface area contributed by atoms with Crippen LogP contribution in [0.2, 0.25) is 0 Å². The van der Waals surface area contributed by atoms with E-state index in [1.807, 2.05) is 0 Å². The Balaban J connectivity index is 1.45. The number of piperazine rings is 1. The largest absolute Gasteiger partial charge is 0.335 e. The summed E-state index contributed by atoms with van der Waals surface area (Å²) >= 11 is 0. The van der Waals surface area contributed by atoms with Crippen molar-refractivity contribution >= 4 is 51.4 Å². The van der Waals surface area contributed by atoms with E-state index >= 15 is 0 Å². The number of halogens is 1. The molecule has 2 heterocycles. The molecule has 0 unspecified atom stereocenters. The molecule has 1 aliphatic heterocycles. The van der Waals surface area contributed by atoms with Gasteiger partial charge in [-0.1, -0.05) is 18.2 Å². The molecule has 38 heavy (non-hydrogen) atoms. The monoisotopic (exact) mass is 536 g/mol. The van der Waals surface area contributed by atoms with Gasteiger partial charge >= 0.3 is 0 Å². The Morgan fingerprint density at radius 2 is 1.79 bits per heavy atom. The number of aromatic nitrogens is 1. The molecule has 0 aliphatic carbocycles. The number of benzene rings is 2. The smallest absolute Gasteiger partial charge is 0.274 e. The number of pyridine rings is 1. The zero-order valence-electron chi connectivity index (χ0n) is 20.5. The molecular formula is C26H25FN6O4S. The van der Waals surface area contributed by atoms with Crippen LogP contribution in [0.1, 0.15) is 17.3 Å². The number of hydrogen-bond donors (Lipinski definition) is 1. The van der Waals surface area contributed by atoms with Gasteiger partial charge in [0.05, 0.1) is 17.4 Å². The van der Waals surface area contributed by atoms with Crippen molar-refractivity contribution < 1.29 is 22.4 Å². The van der Waals surface area contributed by atoms with Crippen molar-refractivity contribution in [1.82, 2.24) is 14.8 Å². The zero-order chi connectivity index (χ0) is 27.3. The van der Waals surface area contributed by atoms with E-state index in [9.17, 15) is 22.4 Å². The maximum Gasteiger partial charge on any atom is 0.274 e. The molecule has 2 amide bonds. The number of carbonyl (C=O) groups is 2. The third-order valence-corrected chi connectivity index (χ3v) is 7.33. The minimum atomic E-state index is -4.16. The first kappa shape index (κ1) is 26.6. The van der Waals surface area contributed by atoms with Gasteiger partial charge in [-0.3, -0.25) is 29.3 Å². The lowest BCUT2D eigenvalue weighted by atomic mass is 10.1. The summed E-state index contributed by atoms with van der Waals surface area (Å²) in [6.07, 6.45) is 4.32. The molecule has 0 spiro atoms. The molecule has 4 rings (SSSR count). The standard InChI is InChI=1S/C26H25FN6O4S/c1-3-29-17-22(28-2)26(35)33-14-12-32(13-15-33)25(34)19-9-10-21(20(27)16-19)31-38(36,37)23-8-4-6-18-7-5-11-30-24(18)23/h3-11,16-17,31H,2,12-15H2,1H3/b22-17-,29-3?. The number of rotatable bonds is 7. The molecule has 196 valence electrons. The Kier molecular flexibility index (Phi) is 7.91. The molecule has 1 aliphatic rings. The van der Waals surface area contributed by atoms with Gasteiger partial charge in [-0.05, 0) is 44.0 Å². The van der Waals surface area contributed by atoms with Gasteiger partial charge in [-0.15, -0.1) is 0 Å². The fourth-order valence-electron chi connectivity index (χ4n) is 3.99. The lowest BCUT2D eigenvalue weighted by Crippen LogP contribution is -2.50. The molecule has 12 heteroatoms. The molecule has 1 aromatic heterocycles. The molecule has 1 fully saturated rings. The molecule has 1 N–H and O–H groups in total. The van der Waals surface area contributed by atoms with Crippen LogP contribution in [0.5, 0.6) is 0 Å². The molecule has 0 radical (unpaired) electrons. The van der Waals surface area contributed by atoms with Gasteiger partial charge in [0.1, 0.15) is 16.4 Å². The average molecular weight is 537 g/mol. The predicted molar refractivity (Wildman–Crippen MR) is 143 cm³/mol. The summed E-state index contributed by atoms with van der Waals surface area (Å²) < 4.78 is 43.2. The van der Waals surface area contributed by atoms with Crippen LogP contribution in [0.15, 0.2) is 81.5 Å². The van der Waals surface area contributed by atoms with Gasteiger partial charge in [-0.2, -0.15) is 0 Å². The van der Waals surface area contributed by atoms with Crippen LogP contribution in [0.3, 0.4) is 0 Å². The van der Waals surface area contributed by atoms with E-state index in [0.717, 1.165) is 6.07 Å². The molecule has 0 atom stereocenters. The fraction of sp³-hybridized carbons (Fsp3) is 0.192. The Morgan fingerprint density at radius 1 is 1.08 bits per heavy atom. The van der Waals surface area contributed by atoms with Crippen molar-refractivity contribution in [3.05, 3.63) is 78.0 Å². The first-order chi connectivity index (χ1) is 18.2. The lowest BCUT2D eigenvalue weighted by molar-refractivity contribution is -0.128. The van der Waals surface area contributed by atoms with Gasteiger partial charge in [0.2, 0.25) is 0 Å². The lowest BCUT2D eigenvalue weighted by Gasteiger charge is -2.34. The molecule has 10 nitrogen and oxygen atoms in total. The fourth-order valence-corrected chi connectivity index (χ4v) is 5.24. The molecule has 3 aromatic rings. The number of hydrogen-bond acceptors (Lipinski definition) is 7. The average Bonchev–Trinajstić information content (AvgIpc) is 2.93. The quantitative estimate of drug-likeness (QED) is 0.367. The van der Waals surface area contributed by atoms with E-state index in [-0.39, 0.29) is 59.4 Å². The molecule has 0 saturated carbocycles. The number of nitrogens with zero attached hydrogens (tertiary/aromatic N) is 5. The van der Waals surface area contributed by atoms with Crippen LogP contribution in [-0.4, -0.2) is 74.1 Å². The van der Waals surface area contributed by atoms with Crippen LogP contribution in [0.4, 0.5) is 10.1 Å². The topological polar surface area (TPSA) is 124 Å². The number of amides is 2. The number of aliphatic imine (C=N–C) groups is 2. The van der Waals surface area contributed by atoms with E-state index in [1.54, 1.807) is 31.2 Å². The summed E-state index contributed by atoms with van der Waals surface area (Å²) in [7, 11) is -4.16. The summed E-state index contributed by atoms with van der Waals surface area (Å²) in [5.74, 6) is -1.68. The summed E-state index contributed by atoms with van der Waals surface area (Å²) in [6.45, 7) is 6.08. The van der Waals surface area contributed by atoms with Crippen LogP contribution in [-0.2, 0) is 14.8 Å². The van der Waals surface area contributed by atoms with E-state index in [2.05, 4.69) is 26.4 Å². The number of carbonyl (C=O) groups excluding carboxylic acids is 2. The summed E-state index contributed by atoms with van der Waals surface area (Å²) in [5.41, 5.74) is 0.123. The van der Waals surface area contributed by atoms with Crippen LogP contribution >= 0.6 is 0 Å². The number of fused-ring (bicyclic) bond motifs is 1. The van der Waals surface area contributed by atoms with Crippen molar-refractivity contribution in [3.63, 3.8) is 0 Å². The van der Waals surface area contributed by atoms with Crippen LogP contribution < -0.4 is 4.72 Å². The van der Waals surface area contributed by atoms with Gasteiger partial charge in [0.15, 0.2) is 0 Å². The summed E-state index contributed by atoms with van der Waals surface area (Å²) in [6, 6.07) is 11.7. The number of sulfonamides is 1. The Bertz CT molecular complexity index is 1560.